The zero-order valence-corrected chi connectivity index (χ0v) is 28.6. The lowest BCUT2D eigenvalue weighted by Gasteiger charge is -1.99. The molecule has 4 aromatic rings. The highest BCUT2D eigenvalue weighted by atomic mass is 127. The van der Waals surface area contributed by atoms with Gasteiger partial charge < -0.3 is 70.9 Å². The number of pyridine rings is 4. The van der Waals surface area contributed by atoms with Crippen molar-refractivity contribution in [1.29, 1.82) is 0 Å². The molecule has 43 heavy (non-hydrogen) atoms. The number of halogens is 3. The number of aryl methyl sites for hydroxylation is 2. The van der Waals surface area contributed by atoms with Crippen LogP contribution in [-0.2, 0) is 49.9 Å². The molecule has 0 aliphatic heterocycles. The predicted octanol–water partition coefficient (Wildman–Crippen LogP) is -7.61. The van der Waals surface area contributed by atoms with Gasteiger partial charge in [0.15, 0.2) is 24.8 Å². The van der Waals surface area contributed by atoms with E-state index in [-0.39, 0.29) is 60.6 Å². The quantitative estimate of drug-likeness (QED) is 0.114. The maximum atomic E-state index is 10.6. The van der Waals surface area contributed by atoms with Gasteiger partial charge in [0.05, 0.1) is 0 Å². The van der Waals surface area contributed by atoms with E-state index in [0.29, 0.717) is 26.2 Å². The molecular weight excluding hydrogens is 702 g/mol. The maximum Gasteiger partial charge on any atom is 0.217 e. The lowest BCUT2D eigenvalue weighted by molar-refractivity contribution is -0.672. The smallest absolute Gasteiger partial charge is 0.217 e. The molecule has 0 unspecified atom stereocenters. The van der Waals surface area contributed by atoms with Crippen LogP contribution >= 0.6 is 0 Å². The highest BCUT2D eigenvalue weighted by Gasteiger charge is 1.98. The van der Waals surface area contributed by atoms with Gasteiger partial charge in [-0.25, -0.2) is 9.13 Å². The highest BCUT2D eigenvalue weighted by molar-refractivity contribution is 5.73. The molecule has 6 N–H and O–H groups in total. The predicted molar refractivity (Wildman–Crippen MR) is 155 cm³/mol. The van der Waals surface area contributed by atoms with Crippen LogP contribution in [0.15, 0.2) is 98.1 Å². The number of carbonyl (C=O) groups is 2. The molecule has 0 saturated carbocycles. The van der Waals surface area contributed by atoms with Crippen molar-refractivity contribution >= 4 is 11.8 Å². The zero-order chi connectivity index (χ0) is 29.6. The van der Waals surface area contributed by atoms with Gasteiger partial charge in [-0.3, -0.25) is 19.6 Å². The summed E-state index contributed by atoms with van der Waals surface area (Å²) in [5.74, 6) is -0.0182. The minimum atomic E-state index is -0.0196. The van der Waals surface area contributed by atoms with Gasteiger partial charge >= 0.3 is 0 Å². The van der Waals surface area contributed by atoms with Crippen LogP contribution in [0.2, 0.25) is 0 Å². The Balaban J connectivity index is -0.000000490. The number of nitrogens with two attached hydrogens (primary N) is 2. The van der Waals surface area contributed by atoms with Crippen LogP contribution in [-0.4, -0.2) is 21.8 Å². The van der Waals surface area contributed by atoms with Crippen LogP contribution in [0.25, 0.3) is 0 Å². The molecule has 0 saturated heterocycles. The fraction of sp³-hybridized carbons (Fsp3) is 0.267. The van der Waals surface area contributed by atoms with Crippen molar-refractivity contribution < 1.29 is 67.5 Å². The second-order valence-electron chi connectivity index (χ2n) is 8.71. The Kier molecular flexibility index (Phi) is 28.4. The Hall–Kier alpha value is -3.23. The zero-order valence-electron chi connectivity index (χ0n) is 25.0. The van der Waals surface area contributed by atoms with Gasteiger partial charge in [0.1, 0.15) is 14.1 Å². The summed E-state index contributed by atoms with van der Waals surface area (Å²) in [7, 11) is 3.94. The van der Waals surface area contributed by atoms with Gasteiger partial charge in [0.25, 0.3) is 0 Å². The van der Waals surface area contributed by atoms with Crippen LogP contribution in [0, 0.1) is 0 Å². The summed E-state index contributed by atoms with van der Waals surface area (Å²) in [6, 6.07) is 15.5. The third-order valence-electron chi connectivity index (χ3n) is 5.00. The van der Waals surface area contributed by atoms with E-state index in [4.69, 9.17) is 11.5 Å². The lowest BCUT2D eigenvalue weighted by atomic mass is 10.3. The van der Waals surface area contributed by atoms with Gasteiger partial charge in [0, 0.05) is 88.1 Å². The topological polar surface area (TPSA) is 144 Å². The second kappa shape index (κ2) is 27.6. The summed E-state index contributed by atoms with van der Waals surface area (Å²) >= 11 is 0. The first-order valence-electron chi connectivity index (χ1n) is 12.8. The molecule has 0 fully saturated rings. The van der Waals surface area contributed by atoms with E-state index < -0.39 is 0 Å². The molecule has 0 aliphatic carbocycles. The molecule has 0 bridgehead atoms. The van der Waals surface area contributed by atoms with Gasteiger partial charge in [0.2, 0.25) is 11.8 Å². The van der Waals surface area contributed by atoms with Crippen LogP contribution in [0.5, 0.6) is 0 Å². The second-order valence-corrected chi connectivity index (χ2v) is 8.71. The van der Waals surface area contributed by atoms with Gasteiger partial charge in [-0.05, 0) is 35.4 Å². The van der Waals surface area contributed by atoms with Crippen LogP contribution in [0.3, 0.4) is 0 Å². The number of amides is 2. The van der Waals surface area contributed by atoms with E-state index in [1.165, 1.54) is 19.4 Å². The first-order chi connectivity index (χ1) is 19.2. The number of hydrogen-bond acceptors (Lipinski definition) is 6. The summed E-state index contributed by atoms with van der Waals surface area (Å²) in [5, 5.41) is 5.42. The molecule has 0 spiro atoms. The Labute approximate surface area is 284 Å². The van der Waals surface area contributed by atoms with Crippen molar-refractivity contribution in [3.05, 3.63) is 120 Å². The minimum absolute atomic E-state index is 0. The number of nitrogens with one attached hydrogen (secondary N) is 2. The fourth-order valence-corrected chi connectivity index (χ4v) is 3.00. The summed E-state index contributed by atoms with van der Waals surface area (Å²) in [5.41, 5.74) is 15.1. The molecule has 4 heterocycles. The van der Waals surface area contributed by atoms with Gasteiger partial charge in [-0.1, -0.05) is 12.1 Å². The van der Waals surface area contributed by atoms with Crippen LogP contribution in [0.1, 0.15) is 36.1 Å². The first-order valence-corrected chi connectivity index (χ1v) is 12.8. The molecule has 0 atom stereocenters. The Bertz CT molecular complexity index is 1270. The molecular formula is C30H42Cl2IN8O2-. The third kappa shape index (κ3) is 24.0. The number of hydrogen-bond donors (Lipinski definition) is 4. The van der Waals surface area contributed by atoms with E-state index in [0.717, 1.165) is 16.7 Å². The van der Waals surface area contributed by atoms with Crippen molar-refractivity contribution in [1.82, 2.24) is 20.6 Å². The van der Waals surface area contributed by atoms with Crippen molar-refractivity contribution in [2.75, 3.05) is 0 Å². The molecule has 10 nitrogen and oxygen atoms in total. The number of aromatic nitrogens is 4. The molecule has 0 aromatic carbocycles. The van der Waals surface area contributed by atoms with Crippen molar-refractivity contribution in [3.63, 3.8) is 0 Å². The third-order valence-corrected chi connectivity index (χ3v) is 5.00. The number of rotatable bonds is 6. The monoisotopic (exact) mass is 743 g/mol. The van der Waals surface area contributed by atoms with E-state index in [1.54, 1.807) is 24.8 Å². The average Bonchev–Trinajstić information content (AvgIpc) is 2.97. The summed E-state index contributed by atoms with van der Waals surface area (Å²) in [6.45, 7) is 5.37. The van der Waals surface area contributed by atoms with Crippen molar-refractivity contribution in [3.8, 4) is 0 Å². The van der Waals surface area contributed by atoms with Gasteiger partial charge in [-0.2, -0.15) is 0 Å². The molecule has 4 rings (SSSR count). The SMILES string of the molecule is CC(=O)NCc1ccc[n+](C)c1.CC(=O)NCc1cccnc1.C[n+]1cccc(CN)c1.NCc1cccnc1.[Cl-].[Cl-].[I-]. The fourth-order valence-electron chi connectivity index (χ4n) is 3.00. The number of carbonyl (C=O) groups excluding carboxylic acids is 2. The first kappa shape index (κ1) is 44.2. The molecule has 0 aliphatic rings. The van der Waals surface area contributed by atoms with E-state index >= 15 is 0 Å². The average molecular weight is 745 g/mol. The van der Waals surface area contributed by atoms with Crippen LogP contribution in [0.4, 0.5) is 0 Å². The maximum absolute atomic E-state index is 10.6. The van der Waals surface area contributed by atoms with E-state index in [9.17, 15) is 9.59 Å². The Morgan fingerprint density at radius 2 is 1.07 bits per heavy atom. The lowest BCUT2D eigenvalue weighted by Crippen LogP contribution is -3.00. The number of nitrogens with zero attached hydrogens (tertiary/aromatic N) is 4. The Morgan fingerprint density at radius 1 is 0.674 bits per heavy atom. The summed E-state index contributed by atoms with van der Waals surface area (Å²) < 4.78 is 3.94. The van der Waals surface area contributed by atoms with Crippen molar-refractivity contribution in [2.24, 2.45) is 25.6 Å². The Morgan fingerprint density at radius 3 is 1.42 bits per heavy atom. The molecule has 2 amide bonds. The molecule has 0 radical (unpaired) electrons. The highest BCUT2D eigenvalue weighted by Crippen LogP contribution is 1.94. The van der Waals surface area contributed by atoms with Crippen molar-refractivity contribution in [2.45, 2.75) is 40.0 Å². The van der Waals surface area contributed by atoms with E-state index in [2.05, 4.69) is 20.6 Å². The van der Waals surface area contributed by atoms with Gasteiger partial charge in [-0.15, -0.1) is 0 Å². The largest absolute Gasteiger partial charge is 1.00 e. The minimum Gasteiger partial charge on any atom is -1.00 e. The van der Waals surface area contributed by atoms with Crippen LogP contribution < -0.4 is 80.0 Å². The molecule has 4 aromatic heterocycles. The molecule has 236 valence electrons. The van der Waals surface area contributed by atoms with E-state index in [1.807, 2.05) is 96.5 Å². The summed E-state index contributed by atoms with van der Waals surface area (Å²) in [6.07, 6.45) is 14.9. The summed E-state index contributed by atoms with van der Waals surface area (Å²) in [4.78, 5) is 28.9. The normalized spacial score (nSPS) is 8.70. The standard InChI is InChI=1S/C9H12N2O.C8H10N2O.C7H11N2.C6H8N2.2ClH.HI/c1-8(12)10-6-9-4-3-5-11(2)7-9;1-7(11)10-6-8-3-2-4-9-5-8;1-9-4-2-3-7(5-8)6-9;7-4-6-2-1-3-8-5-6;;;/h3-5,7H,6H2,1-2H3;2-5H,6H2,1H3,(H,10,11);2-4,6H,5,8H2,1H3;1-3,5H,4,7H2;3*1H/q;;+1;;;;/p-2. The molecule has 13 heteroatoms.